The molecule has 1 aromatic carbocycles. The second kappa shape index (κ2) is 10.0. The molecule has 1 aromatic rings. The van der Waals surface area contributed by atoms with Crippen LogP contribution in [0.5, 0.6) is 5.75 Å². The third-order valence-corrected chi connectivity index (χ3v) is 2.96. The predicted molar refractivity (Wildman–Crippen MR) is 97.4 cm³/mol. The molecule has 1 rings (SSSR count). The lowest BCUT2D eigenvalue weighted by atomic mass is 10.1. The summed E-state index contributed by atoms with van der Waals surface area (Å²) in [6, 6.07) is 6.05. The summed E-state index contributed by atoms with van der Waals surface area (Å²) < 4.78 is 15.4. The second-order valence-electron chi connectivity index (χ2n) is 6.35. The molecule has 0 aliphatic carbocycles. The summed E-state index contributed by atoms with van der Waals surface area (Å²) in [6.07, 6.45) is 9.74. The number of esters is 1. The lowest BCUT2D eigenvalue weighted by Gasteiger charge is -2.23. The Bertz CT molecular complexity index is 689. The molecule has 6 nitrogen and oxygen atoms in total. The molecule has 26 heavy (non-hydrogen) atoms. The van der Waals surface area contributed by atoms with Gasteiger partial charge in [0.05, 0.1) is 0 Å². The zero-order valence-electron chi connectivity index (χ0n) is 15.2. The Hall–Kier alpha value is -3.12. The molecular weight excluding hydrogens is 334 g/mol. The van der Waals surface area contributed by atoms with E-state index in [0.29, 0.717) is 5.75 Å². The zero-order chi connectivity index (χ0) is 19.6. The number of nitrogens with one attached hydrogen (secondary N) is 1. The molecule has 0 bridgehead atoms. The zero-order valence-corrected chi connectivity index (χ0v) is 15.2. The highest BCUT2D eigenvalue weighted by Gasteiger charge is 2.25. The van der Waals surface area contributed by atoms with E-state index in [2.05, 4.69) is 17.2 Å². The van der Waals surface area contributed by atoms with E-state index in [4.69, 9.17) is 27.1 Å². The molecule has 1 atom stereocenters. The smallest absolute Gasteiger partial charge is 0.408 e. The first-order valence-corrected chi connectivity index (χ1v) is 8.00. The van der Waals surface area contributed by atoms with Crippen molar-refractivity contribution >= 4 is 12.1 Å². The molecule has 0 saturated heterocycles. The quantitative estimate of drug-likeness (QED) is 0.599. The summed E-state index contributed by atoms with van der Waals surface area (Å²) in [4.78, 5) is 24.2. The minimum atomic E-state index is -0.935. The third-order valence-electron chi connectivity index (χ3n) is 2.96. The first-order chi connectivity index (χ1) is 12.2. The van der Waals surface area contributed by atoms with E-state index in [1.807, 2.05) is 0 Å². The highest BCUT2D eigenvalue weighted by atomic mass is 16.6. The van der Waals surface area contributed by atoms with Gasteiger partial charge < -0.3 is 19.5 Å². The van der Waals surface area contributed by atoms with Crippen molar-refractivity contribution in [3.05, 3.63) is 29.8 Å². The summed E-state index contributed by atoms with van der Waals surface area (Å²) >= 11 is 0. The lowest BCUT2D eigenvalue weighted by Crippen LogP contribution is -2.45. The Labute approximate surface area is 154 Å². The van der Waals surface area contributed by atoms with Crippen molar-refractivity contribution in [1.82, 2.24) is 5.32 Å². The number of carbonyl (C=O) groups is 2. The fourth-order valence-corrected chi connectivity index (χ4v) is 1.94. The second-order valence-corrected chi connectivity index (χ2v) is 6.35. The molecule has 138 valence electrons. The monoisotopic (exact) mass is 357 g/mol. The summed E-state index contributed by atoms with van der Waals surface area (Å²) in [6.45, 7) is 5.18. The Morgan fingerprint density at radius 2 is 1.73 bits per heavy atom. The van der Waals surface area contributed by atoms with Crippen LogP contribution < -0.4 is 10.1 Å². The number of alkyl carbamates (subject to hydrolysis) is 1. The van der Waals surface area contributed by atoms with Crippen LogP contribution in [-0.4, -0.2) is 36.9 Å². The molecule has 0 heterocycles. The first kappa shape index (κ1) is 20.9. The maximum atomic E-state index is 12.2. The maximum Gasteiger partial charge on any atom is 0.408 e. The molecule has 0 aromatic heterocycles. The number of hydrogen-bond acceptors (Lipinski definition) is 5. The predicted octanol–water partition coefficient (Wildman–Crippen LogP) is 2.31. The molecule has 0 radical (unpaired) electrons. The van der Waals surface area contributed by atoms with Crippen LogP contribution in [0.3, 0.4) is 0 Å². The minimum absolute atomic E-state index is 0.167. The number of benzene rings is 1. The molecule has 0 aliphatic rings. The summed E-state index contributed by atoms with van der Waals surface area (Å²) in [7, 11) is 0. The molecule has 1 N–H and O–H groups in total. The molecule has 1 amide bonds. The van der Waals surface area contributed by atoms with Crippen molar-refractivity contribution in [3.8, 4) is 30.4 Å². The number of amides is 1. The van der Waals surface area contributed by atoms with Gasteiger partial charge in [0.2, 0.25) is 0 Å². The van der Waals surface area contributed by atoms with Crippen molar-refractivity contribution in [1.29, 1.82) is 0 Å². The Morgan fingerprint density at radius 3 is 2.27 bits per heavy atom. The van der Waals surface area contributed by atoms with Crippen molar-refractivity contribution in [3.63, 3.8) is 0 Å². The van der Waals surface area contributed by atoms with Crippen LogP contribution in [-0.2, 0) is 20.7 Å². The van der Waals surface area contributed by atoms with Gasteiger partial charge in [0.25, 0.3) is 0 Å². The highest BCUT2D eigenvalue weighted by molar-refractivity contribution is 5.81. The topological polar surface area (TPSA) is 73.9 Å². The van der Waals surface area contributed by atoms with E-state index in [0.717, 1.165) is 5.56 Å². The van der Waals surface area contributed by atoms with Crippen LogP contribution >= 0.6 is 0 Å². The van der Waals surface area contributed by atoms with E-state index in [1.165, 1.54) is 0 Å². The Morgan fingerprint density at radius 1 is 1.12 bits per heavy atom. The van der Waals surface area contributed by atoms with Gasteiger partial charge in [-0.25, -0.2) is 9.59 Å². The highest BCUT2D eigenvalue weighted by Crippen LogP contribution is 2.14. The summed E-state index contributed by atoms with van der Waals surface area (Å²) in [5.41, 5.74) is 0.102. The first-order valence-electron chi connectivity index (χ1n) is 8.00. The van der Waals surface area contributed by atoms with Gasteiger partial charge in [0, 0.05) is 6.42 Å². The fourth-order valence-electron chi connectivity index (χ4n) is 1.94. The Kier molecular flexibility index (Phi) is 8.05. The summed E-state index contributed by atoms with van der Waals surface area (Å²) in [5, 5.41) is 2.52. The van der Waals surface area contributed by atoms with Gasteiger partial charge >= 0.3 is 12.1 Å². The molecule has 6 heteroatoms. The van der Waals surface area contributed by atoms with Gasteiger partial charge in [0.1, 0.15) is 24.0 Å². The van der Waals surface area contributed by atoms with Gasteiger partial charge in [-0.1, -0.05) is 24.0 Å². The van der Waals surface area contributed by atoms with Crippen LogP contribution in [0.4, 0.5) is 4.79 Å². The van der Waals surface area contributed by atoms with Crippen LogP contribution in [0.2, 0.25) is 0 Å². The fraction of sp³-hybridized carbons (Fsp3) is 0.400. The standard InChI is InChI=1S/C20H23NO5/c1-6-12-24-16-10-8-15(9-11-16)14-17(18(22)25-13-7-2)21-19(23)26-20(3,4)5/h1-2,8-11,17H,12-14H2,3-5H3,(H,21,23)/t17-/m0/s1. The number of carbonyl (C=O) groups excluding carboxylic acids is 2. The third kappa shape index (κ3) is 8.12. The average molecular weight is 357 g/mol. The van der Waals surface area contributed by atoms with Crippen molar-refractivity contribution < 1.29 is 23.8 Å². The molecule has 0 fully saturated rings. The molecule has 0 aliphatic heterocycles. The van der Waals surface area contributed by atoms with E-state index in [1.54, 1.807) is 45.0 Å². The number of terminal acetylenes is 2. The van der Waals surface area contributed by atoms with Gasteiger partial charge in [-0.15, -0.1) is 12.8 Å². The maximum absolute atomic E-state index is 12.2. The number of rotatable bonds is 7. The molecule has 0 unspecified atom stereocenters. The van der Waals surface area contributed by atoms with Crippen molar-refractivity contribution in [2.75, 3.05) is 13.2 Å². The number of hydrogen-bond donors (Lipinski definition) is 1. The van der Waals surface area contributed by atoms with E-state index in [-0.39, 0.29) is 19.6 Å². The lowest BCUT2D eigenvalue weighted by molar-refractivity contribution is -0.144. The summed E-state index contributed by atoms with van der Waals surface area (Å²) in [5.74, 6) is 4.56. The van der Waals surface area contributed by atoms with E-state index < -0.39 is 23.7 Å². The van der Waals surface area contributed by atoms with Gasteiger partial charge in [-0.3, -0.25) is 0 Å². The van der Waals surface area contributed by atoms with E-state index in [9.17, 15) is 9.59 Å². The molecule has 0 spiro atoms. The Balaban J connectivity index is 2.81. The molecule has 0 saturated carbocycles. The van der Waals surface area contributed by atoms with Crippen molar-refractivity contribution in [2.24, 2.45) is 0 Å². The van der Waals surface area contributed by atoms with Gasteiger partial charge in [0.15, 0.2) is 6.61 Å². The SMILES string of the molecule is C#CCOC(=O)[C@H](Cc1ccc(OCC#C)cc1)NC(=O)OC(C)(C)C. The van der Waals surface area contributed by atoms with Gasteiger partial charge in [-0.2, -0.15) is 0 Å². The van der Waals surface area contributed by atoms with Gasteiger partial charge in [-0.05, 0) is 38.5 Å². The van der Waals surface area contributed by atoms with E-state index >= 15 is 0 Å². The molecular formula is C20H23NO5. The average Bonchev–Trinajstić information content (AvgIpc) is 2.56. The van der Waals surface area contributed by atoms with Crippen LogP contribution in [0, 0.1) is 24.7 Å². The normalized spacial score (nSPS) is 11.4. The van der Waals surface area contributed by atoms with Crippen LogP contribution in [0.15, 0.2) is 24.3 Å². The van der Waals surface area contributed by atoms with Crippen LogP contribution in [0.1, 0.15) is 26.3 Å². The largest absolute Gasteiger partial charge is 0.481 e. The van der Waals surface area contributed by atoms with Crippen molar-refractivity contribution in [2.45, 2.75) is 38.8 Å². The van der Waals surface area contributed by atoms with Crippen LogP contribution in [0.25, 0.3) is 0 Å². The minimum Gasteiger partial charge on any atom is -0.481 e. The number of ether oxygens (including phenoxy) is 3.